The highest BCUT2D eigenvalue weighted by molar-refractivity contribution is 6.10. The molecule has 4 rings (SSSR count). The van der Waals surface area contributed by atoms with Crippen molar-refractivity contribution < 1.29 is 14.4 Å². The van der Waals surface area contributed by atoms with Gasteiger partial charge < -0.3 is 10.3 Å². The van der Waals surface area contributed by atoms with Gasteiger partial charge in [0.05, 0.1) is 11.0 Å². The van der Waals surface area contributed by atoms with Crippen molar-refractivity contribution in [1.82, 2.24) is 20.2 Å². The van der Waals surface area contributed by atoms with Crippen molar-refractivity contribution in [2.75, 3.05) is 11.9 Å². The normalized spacial score (nSPS) is 19.1. The minimum absolute atomic E-state index is 0.263. The number of imide groups is 1. The molecule has 3 N–H and O–H groups in total. The molecule has 2 aromatic carbocycles. The monoisotopic (exact) mass is 377 g/mol. The molecule has 1 atom stereocenters. The van der Waals surface area contributed by atoms with E-state index < -0.39 is 29.9 Å². The molecule has 0 bridgehead atoms. The van der Waals surface area contributed by atoms with Gasteiger partial charge in [0, 0.05) is 0 Å². The molecule has 2 heterocycles. The van der Waals surface area contributed by atoms with Crippen LogP contribution in [-0.4, -0.2) is 39.3 Å². The summed E-state index contributed by atoms with van der Waals surface area (Å²) in [5.74, 6) is -0.726. The highest BCUT2D eigenvalue weighted by Crippen LogP contribution is 2.29. The first kappa shape index (κ1) is 17.7. The van der Waals surface area contributed by atoms with E-state index in [1.165, 1.54) is 0 Å². The Bertz CT molecular complexity index is 1060. The maximum atomic E-state index is 12.9. The van der Waals surface area contributed by atoms with Crippen molar-refractivity contribution in [3.05, 3.63) is 59.7 Å². The molecule has 8 heteroatoms. The van der Waals surface area contributed by atoms with Crippen LogP contribution in [-0.2, 0) is 15.1 Å². The molecule has 1 saturated heterocycles. The maximum Gasteiger partial charge on any atom is 0.325 e. The van der Waals surface area contributed by atoms with Gasteiger partial charge in [-0.15, -0.1) is 0 Å². The Balaban J connectivity index is 1.49. The Morgan fingerprint density at radius 1 is 1.14 bits per heavy atom. The number of hydrogen-bond donors (Lipinski definition) is 3. The van der Waals surface area contributed by atoms with Crippen molar-refractivity contribution in [1.29, 1.82) is 0 Å². The second kappa shape index (κ2) is 6.49. The number of aromatic amines is 1. The van der Waals surface area contributed by atoms with Gasteiger partial charge in [0.25, 0.3) is 5.91 Å². The van der Waals surface area contributed by atoms with Gasteiger partial charge in [-0.05, 0) is 31.5 Å². The number of fused-ring (bicyclic) bond motifs is 1. The fourth-order valence-electron chi connectivity index (χ4n) is 3.25. The molecule has 4 amide bonds. The summed E-state index contributed by atoms with van der Waals surface area (Å²) in [6, 6.07) is 14.1. The van der Waals surface area contributed by atoms with Gasteiger partial charge in [0.2, 0.25) is 11.9 Å². The number of carbonyl (C=O) groups is 3. The lowest BCUT2D eigenvalue weighted by atomic mass is 9.91. The number of carbonyl (C=O) groups excluding carboxylic acids is 3. The Morgan fingerprint density at radius 3 is 2.57 bits per heavy atom. The fourth-order valence-corrected chi connectivity index (χ4v) is 3.25. The van der Waals surface area contributed by atoms with Crippen molar-refractivity contribution in [3.63, 3.8) is 0 Å². The zero-order chi connectivity index (χ0) is 19.9. The van der Waals surface area contributed by atoms with Crippen LogP contribution < -0.4 is 10.6 Å². The van der Waals surface area contributed by atoms with E-state index in [2.05, 4.69) is 20.6 Å². The second-order valence-electron chi connectivity index (χ2n) is 6.96. The van der Waals surface area contributed by atoms with E-state index in [1.54, 1.807) is 19.1 Å². The molecule has 0 unspecified atom stereocenters. The lowest BCUT2D eigenvalue weighted by Gasteiger charge is -2.22. The van der Waals surface area contributed by atoms with E-state index in [4.69, 9.17) is 0 Å². The van der Waals surface area contributed by atoms with Crippen LogP contribution in [0.3, 0.4) is 0 Å². The first-order chi connectivity index (χ1) is 13.4. The van der Waals surface area contributed by atoms with E-state index in [1.807, 2.05) is 43.3 Å². The molecule has 1 aliphatic heterocycles. The average molecular weight is 377 g/mol. The topological polar surface area (TPSA) is 107 Å². The van der Waals surface area contributed by atoms with Gasteiger partial charge in [0.15, 0.2) is 0 Å². The van der Waals surface area contributed by atoms with E-state index in [9.17, 15) is 14.4 Å². The number of benzene rings is 2. The Hall–Kier alpha value is -3.68. The number of nitrogens with one attached hydrogen (secondary N) is 3. The Morgan fingerprint density at radius 2 is 1.86 bits per heavy atom. The summed E-state index contributed by atoms with van der Waals surface area (Å²) >= 11 is 0. The Labute approximate surface area is 160 Å². The zero-order valence-corrected chi connectivity index (χ0v) is 15.4. The summed E-state index contributed by atoms with van der Waals surface area (Å²) in [6.07, 6.45) is 0. The molecule has 0 saturated carbocycles. The molecular weight excluding hydrogens is 358 g/mol. The zero-order valence-electron chi connectivity index (χ0n) is 15.4. The van der Waals surface area contributed by atoms with Crippen LogP contribution in [0.25, 0.3) is 11.0 Å². The molecule has 1 aromatic heterocycles. The summed E-state index contributed by atoms with van der Waals surface area (Å²) < 4.78 is 0. The number of nitrogens with zero attached hydrogens (tertiary/aromatic N) is 2. The van der Waals surface area contributed by atoms with Gasteiger partial charge in [-0.1, -0.05) is 42.0 Å². The second-order valence-corrected chi connectivity index (χ2v) is 6.96. The standard InChI is InChI=1S/C20H19N5O3/c1-12-7-9-13(10-8-12)20(2)17(27)25(19(28)24-20)11-16(26)23-18-21-14-5-3-4-6-15(14)22-18/h3-10H,11H2,1-2H3,(H,24,28)(H2,21,22,23,26)/t20-/m0/s1. The van der Waals surface area contributed by atoms with Crippen LogP contribution in [0.5, 0.6) is 0 Å². The number of aryl methyl sites for hydroxylation is 1. The third-order valence-electron chi connectivity index (χ3n) is 4.85. The highest BCUT2D eigenvalue weighted by atomic mass is 16.2. The average Bonchev–Trinajstić information content (AvgIpc) is 3.16. The predicted molar refractivity (Wildman–Crippen MR) is 103 cm³/mol. The minimum Gasteiger partial charge on any atom is -0.324 e. The van der Waals surface area contributed by atoms with Gasteiger partial charge in [0.1, 0.15) is 12.1 Å². The number of aromatic nitrogens is 2. The molecule has 0 aliphatic carbocycles. The summed E-state index contributed by atoms with van der Waals surface area (Å²) in [5.41, 5.74) is 1.99. The van der Waals surface area contributed by atoms with Gasteiger partial charge in [-0.25, -0.2) is 9.78 Å². The Kier molecular flexibility index (Phi) is 4.11. The van der Waals surface area contributed by atoms with E-state index in [0.29, 0.717) is 11.1 Å². The molecule has 0 spiro atoms. The van der Waals surface area contributed by atoms with Gasteiger partial charge in [-0.3, -0.25) is 19.8 Å². The number of imidazole rings is 1. The van der Waals surface area contributed by atoms with Crippen LogP contribution >= 0.6 is 0 Å². The van der Waals surface area contributed by atoms with Gasteiger partial charge >= 0.3 is 6.03 Å². The summed E-state index contributed by atoms with van der Waals surface area (Å²) in [4.78, 5) is 45.8. The lowest BCUT2D eigenvalue weighted by molar-refractivity contribution is -0.133. The van der Waals surface area contributed by atoms with E-state index in [-0.39, 0.29) is 5.95 Å². The van der Waals surface area contributed by atoms with Crippen molar-refractivity contribution in [2.45, 2.75) is 19.4 Å². The SMILES string of the molecule is Cc1ccc([C@]2(C)NC(=O)N(CC(=O)Nc3nc4ccccc4[nH]3)C2=O)cc1. The van der Waals surface area contributed by atoms with Crippen molar-refractivity contribution in [3.8, 4) is 0 Å². The summed E-state index contributed by atoms with van der Waals surface area (Å²) in [6.45, 7) is 3.17. The van der Waals surface area contributed by atoms with E-state index >= 15 is 0 Å². The van der Waals surface area contributed by atoms with Crippen LogP contribution in [0.4, 0.5) is 10.7 Å². The highest BCUT2D eigenvalue weighted by Gasteiger charge is 2.49. The third-order valence-corrected chi connectivity index (χ3v) is 4.85. The van der Waals surface area contributed by atoms with Crippen molar-refractivity contribution in [2.24, 2.45) is 0 Å². The van der Waals surface area contributed by atoms with Gasteiger partial charge in [-0.2, -0.15) is 0 Å². The molecule has 1 aliphatic rings. The molecule has 3 aromatic rings. The summed E-state index contributed by atoms with van der Waals surface area (Å²) in [7, 11) is 0. The molecule has 0 radical (unpaired) electrons. The van der Waals surface area contributed by atoms with Crippen LogP contribution in [0.2, 0.25) is 0 Å². The number of urea groups is 1. The van der Waals surface area contributed by atoms with Crippen molar-refractivity contribution >= 4 is 34.8 Å². The first-order valence-electron chi connectivity index (χ1n) is 8.83. The third kappa shape index (κ3) is 2.98. The van der Waals surface area contributed by atoms with Crippen LogP contribution in [0.1, 0.15) is 18.1 Å². The summed E-state index contributed by atoms with van der Waals surface area (Å²) in [5, 5.41) is 5.29. The molecule has 142 valence electrons. The van der Waals surface area contributed by atoms with Crippen LogP contribution in [0, 0.1) is 6.92 Å². The number of para-hydroxylation sites is 2. The number of amides is 4. The molecular formula is C20H19N5O3. The maximum absolute atomic E-state index is 12.9. The fraction of sp³-hybridized carbons (Fsp3) is 0.200. The predicted octanol–water partition coefficient (Wildman–Crippen LogP) is 2.28. The first-order valence-corrected chi connectivity index (χ1v) is 8.83. The minimum atomic E-state index is -1.20. The number of rotatable bonds is 4. The number of anilines is 1. The molecule has 1 fully saturated rings. The number of H-pyrrole nitrogens is 1. The van der Waals surface area contributed by atoms with Crippen LogP contribution in [0.15, 0.2) is 48.5 Å². The molecule has 8 nitrogen and oxygen atoms in total. The lowest BCUT2D eigenvalue weighted by Crippen LogP contribution is -2.42. The smallest absolute Gasteiger partial charge is 0.324 e. The quantitative estimate of drug-likeness (QED) is 0.606. The number of hydrogen-bond acceptors (Lipinski definition) is 4. The largest absolute Gasteiger partial charge is 0.325 e. The van der Waals surface area contributed by atoms with E-state index in [0.717, 1.165) is 16.0 Å². The molecule has 28 heavy (non-hydrogen) atoms.